The Balaban J connectivity index is 2.98. The van der Waals surface area contributed by atoms with E-state index >= 15 is 0 Å². The summed E-state index contributed by atoms with van der Waals surface area (Å²) in [5.74, 6) is 0.0131. The lowest BCUT2D eigenvalue weighted by Crippen LogP contribution is -2.27. The Labute approximate surface area is 128 Å². The number of benzene rings is 1. The zero-order valence-corrected chi connectivity index (χ0v) is 14.1. The summed E-state index contributed by atoms with van der Waals surface area (Å²) in [7, 11) is 3.40. The van der Waals surface area contributed by atoms with Crippen molar-refractivity contribution < 1.29 is 9.59 Å². The number of amides is 2. The predicted octanol–water partition coefficient (Wildman–Crippen LogP) is 3.05. The van der Waals surface area contributed by atoms with Crippen molar-refractivity contribution in [3.63, 3.8) is 0 Å². The fourth-order valence-electron chi connectivity index (χ4n) is 1.65. The van der Waals surface area contributed by atoms with Gasteiger partial charge in [0, 0.05) is 25.3 Å². The first-order chi connectivity index (χ1) is 9.23. The molecule has 4 nitrogen and oxygen atoms in total. The van der Waals surface area contributed by atoms with Gasteiger partial charge in [0.25, 0.3) is 5.91 Å². The molecule has 1 atom stereocenters. The minimum Gasteiger partial charge on any atom is -0.345 e. The number of anilines is 1. The van der Waals surface area contributed by atoms with E-state index in [2.05, 4.69) is 21.2 Å². The maximum Gasteiger partial charge on any atom is 0.253 e. The SMILES string of the molecule is Cc1ccc(C(=O)N(C)C)cc1NC(=O)C(Br)C(C)C. The molecule has 0 fully saturated rings. The van der Waals surface area contributed by atoms with Gasteiger partial charge in [-0.25, -0.2) is 0 Å². The van der Waals surface area contributed by atoms with E-state index in [0.717, 1.165) is 5.56 Å². The Kier molecular flexibility index (Phi) is 5.74. The van der Waals surface area contributed by atoms with Gasteiger partial charge in [-0.1, -0.05) is 35.8 Å². The number of hydrogen-bond donors (Lipinski definition) is 1. The van der Waals surface area contributed by atoms with Crippen molar-refractivity contribution in [2.24, 2.45) is 5.92 Å². The highest BCUT2D eigenvalue weighted by Crippen LogP contribution is 2.20. The molecule has 1 aromatic rings. The summed E-state index contributed by atoms with van der Waals surface area (Å²) < 4.78 is 0. The average molecular weight is 341 g/mol. The van der Waals surface area contributed by atoms with Gasteiger partial charge < -0.3 is 10.2 Å². The maximum absolute atomic E-state index is 12.1. The Morgan fingerprint density at radius 3 is 2.35 bits per heavy atom. The highest BCUT2D eigenvalue weighted by molar-refractivity contribution is 9.10. The number of nitrogens with zero attached hydrogens (tertiary/aromatic N) is 1. The summed E-state index contributed by atoms with van der Waals surface area (Å²) >= 11 is 3.37. The molecule has 0 saturated carbocycles. The molecule has 1 N–H and O–H groups in total. The smallest absolute Gasteiger partial charge is 0.253 e. The van der Waals surface area contributed by atoms with Gasteiger partial charge in [-0.3, -0.25) is 9.59 Å². The minimum atomic E-state index is -0.255. The molecule has 0 saturated heterocycles. The van der Waals surface area contributed by atoms with Crippen LogP contribution >= 0.6 is 15.9 Å². The number of carbonyl (C=O) groups is 2. The Bertz CT molecular complexity index is 513. The summed E-state index contributed by atoms with van der Waals surface area (Å²) in [5.41, 5.74) is 2.16. The van der Waals surface area contributed by atoms with Gasteiger partial charge in [0.2, 0.25) is 5.91 Å². The summed E-state index contributed by atoms with van der Waals surface area (Å²) in [6.45, 7) is 5.84. The molecule has 0 aliphatic carbocycles. The van der Waals surface area contributed by atoms with Crippen LogP contribution in [0.5, 0.6) is 0 Å². The van der Waals surface area contributed by atoms with Crippen LogP contribution in [0.25, 0.3) is 0 Å². The van der Waals surface area contributed by atoms with Crippen molar-refractivity contribution >= 4 is 33.4 Å². The summed E-state index contributed by atoms with van der Waals surface area (Å²) in [4.78, 5) is 25.3. The Hall–Kier alpha value is -1.36. The third-order valence-electron chi connectivity index (χ3n) is 2.98. The van der Waals surface area contributed by atoms with E-state index in [9.17, 15) is 9.59 Å². The largest absolute Gasteiger partial charge is 0.345 e. The van der Waals surface area contributed by atoms with Gasteiger partial charge in [-0.2, -0.15) is 0 Å². The number of hydrogen-bond acceptors (Lipinski definition) is 2. The molecular formula is C15H21BrN2O2. The minimum absolute atomic E-state index is 0.0836. The second-order valence-electron chi connectivity index (χ2n) is 5.36. The van der Waals surface area contributed by atoms with E-state index in [1.807, 2.05) is 26.8 Å². The number of rotatable bonds is 4. The highest BCUT2D eigenvalue weighted by Gasteiger charge is 2.19. The van der Waals surface area contributed by atoms with Crippen molar-refractivity contribution in [3.05, 3.63) is 29.3 Å². The van der Waals surface area contributed by atoms with Crippen molar-refractivity contribution in [3.8, 4) is 0 Å². The van der Waals surface area contributed by atoms with Crippen molar-refractivity contribution in [2.75, 3.05) is 19.4 Å². The quantitative estimate of drug-likeness (QED) is 0.856. The third kappa shape index (κ3) is 4.07. The van der Waals surface area contributed by atoms with Gasteiger partial charge in [0.1, 0.15) is 0 Å². The monoisotopic (exact) mass is 340 g/mol. The molecule has 2 amide bonds. The Morgan fingerprint density at radius 1 is 1.25 bits per heavy atom. The van der Waals surface area contributed by atoms with E-state index in [1.54, 1.807) is 26.2 Å². The zero-order chi connectivity index (χ0) is 15.4. The molecule has 0 heterocycles. The average Bonchev–Trinajstić information content (AvgIpc) is 2.39. The van der Waals surface area contributed by atoms with E-state index < -0.39 is 0 Å². The molecule has 0 aliphatic rings. The molecule has 1 aromatic carbocycles. The fraction of sp³-hybridized carbons (Fsp3) is 0.467. The van der Waals surface area contributed by atoms with Crippen LogP contribution in [-0.4, -0.2) is 35.6 Å². The second kappa shape index (κ2) is 6.88. The number of aryl methyl sites for hydroxylation is 1. The fourth-order valence-corrected chi connectivity index (χ4v) is 1.77. The lowest BCUT2D eigenvalue weighted by molar-refractivity contribution is -0.116. The highest BCUT2D eigenvalue weighted by atomic mass is 79.9. The number of carbonyl (C=O) groups excluding carboxylic acids is 2. The van der Waals surface area contributed by atoms with Crippen LogP contribution in [0.2, 0.25) is 0 Å². The first kappa shape index (κ1) is 16.7. The topological polar surface area (TPSA) is 49.4 Å². The molecule has 0 spiro atoms. The van der Waals surface area contributed by atoms with Crippen LogP contribution in [0.3, 0.4) is 0 Å². The molecule has 1 rings (SSSR count). The van der Waals surface area contributed by atoms with E-state index in [4.69, 9.17) is 0 Å². The van der Waals surface area contributed by atoms with Gasteiger partial charge in [-0.15, -0.1) is 0 Å². The number of alkyl halides is 1. The number of halogens is 1. The van der Waals surface area contributed by atoms with E-state index in [-0.39, 0.29) is 22.6 Å². The van der Waals surface area contributed by atoms with Crippen molar-refractivity contribution in [1.82, 2.24) is 4.90 Å². The van der Waals surface area contributed by atoms with Crippen LogP contribution < -0.4 is 5.32 Å². The van der Waals surface area contributed by atoms with Crippen LogP contribution in [-0.2, 0) is 4.79 Å². The van der Waals surface area contributed by atoms with Crippen molar-refractivity contribution in [2.45, 2.75) is 25.6 Å². The molecule has 0 bridgehead atoms. The van der Waals surface area contributed by atoms with Crippen LogP contribution in [0.1, 0.15) is 29.8 Å². The van der Waals surface area contributed by atoms with Gasteiger partial charge in [0.05, 0.1) is 4.83 Å². The molecule has 0 radical (unpaired) electrons. The van der Waals surface area contributed by atoms with E-state index in [1.165, 1.54) is 4.90 Å². The van der Waals surface area contributed by atoms with Crippen LogP contribution in [0.4, 0.5) is 5.69 Å². The van der Waals surface area contributed by atoms with Crippen LogP contribution in [0.15, 0.2) is 18.2 Å². The Morgan fingerprint density at radius 2 is 1.85 bits per heavy atom. The third-order valence-corrected chi connectivity index (χ3v) is 4.46. The summed E-state index contributed by atoms with van der Waals surface area (Å²) in [6.07, 6.45) is 0. The molecular weight excluding hydrogens is 320 g/mol. The van der Waals surface area contributed by atoms with Crippen molar-refractivity contribution in [1.29, 1.82) is 0 Å². The van der Waals surface area contributed by atoms with Gasteiger partial charge >= 0.3 is 0 Å². The van der Waals surface area contributed by atoms with Crippen LogP contribution in [0, 0.1) is 12.8 Å². The zero-order valence-electron chi connectivity index (χ0n) is 12.5. The lowest BCUT2D eigenvalue weighted by atomic mass is 10.1. The normalized spacial score (nSPS) is 12.2. The molecule has 20 heavy (non-hydrogen) atoms. The molecule has 1 unspecified atom stereocenters. The van der Waals surface area contributed by atoms with Gasteiger partial charge in [-0.05, 0) is 30.5 Å². The first-order valence-corrected chi connectivity index (χ1v) is 7.42. The van der Waals surface area contributed by atoms with E-state index in [0.29, 0.717) is 11.3 Å². The van der Waals surface area contributed by atoms with Gasteiger partial charge in [0.15, 0.2) is 0 Å². The molecule has 5 heteroatoms. The first-order valence-electron chi connectivity index (χ1n) is 6.51. The molecule has 0 aliphatic heterocycles. The summed E-state index contributed by atoms with van der Waals surface area (Å²) in [6, 6.07) is 5.32. The second-order valence-corrected chi connectivity index (χ2v) is 6.35. The maximum atomic E-state index is 12.1. The number of nitrogens with one attached hydrogen (secondary N) is 1. The molecule has 110 valence electrons. The predicted molar refractivity (Wildman–Crippen MR) is 85.4 cm³/mol. The molecule has 0 aromatic heterocycles. The lowest BCUT2D eigenvalue weighted by Gasteiger charge is -2.16. The standard InChI is InChI=1S/C15H21BrN2O2/c1-9(2)13(16)14(19)17-12-8-11(7-6-10(12)3)15(20)18(4)5/h6-9,13H,1-5H3,(H,17,19). The summed E-state index contributed by atoms with van der Waals surface area (Å²) in [5, 5.41) is 2.87.